The van der Waals surface area contributed by atoms with Gasteiger partial charge in [0.05, 0.1) is 10.5 Å². The first-order valence-electron chi connectivity index (χ1n) is 12.4. The summed E-state index contributed by atoms with van der Waals surface area (Å²) in [5.74, 6) is -4.04. The van der Waals surface area contributed by atoms with Crippen molar-refractivity contribution in [2.75, 3.05) is 19.8 Å². The molecule has 0 unspecified atom stereocenters. The number of Topliss-reactive ketones (excluding diaryl/α,β-unsaturated/α-hetero) is 3. The zero-order valence-corrected chi connectivity index (χ0v) is 22.8. The molecule has 4 N–H and O–H groups in total. The summed E-state index contributed by atoms with van der Waals surface area (Å²) in [7, 11) is 0. The fourth-order valence-electron chi connectivity index (χ4n) is 4.58. The molecule has 1 aliphatic rings. The van der Waals surface area contributed by atoms with Crippen molar-refractivity contribution in [3.05, 3.63) is 34.1 Å². The average molecular weight is 585 g/mol. The molecule has 1 heterocycles. The Morgan fingerprint density at radius 3 is 2.49 bits per heavy atom. The SMILES string of the molecule is CC(C)[C@H](CC(=O)c1ccc(Br)c(F)c1)C(=O)N1CCC[C@H]1C(=O)C[C@@H](CCCN=C(N)N)C(=O)CF. The lowest BCUT2D eigenvalue weighted by Crippen LogP contribution is -2.45. The number of carbonyl (C=O) groups excluding carboxylic acids is 4. The van der Waals surface area contributed by atoms with Crippen LogP contribution in [0.4, 0.5) is 8.78 Å². The van der Waals surface area contributed by atoms with Crippen molar-refractivity contribution in [3.63, 3.8) is 0 Å². The van der Waals surface area contributed by atoms with Gasteiger partial charge in [0.2, 0.25) is 5.91 Å². The molecule has 1 fully saturated rings. The largest absolute Gasteiger partial charge is 0.370 e. The second kappa shape index (κ2) is 14.3. The summed E-state index contributed by atoms with van der Waals surface area (Å²) in [6.45, 7) is 3.06. The maximum absolute atomic E-state index is 13.9. The number of rotatable bonds is 14. The highest BCUT2D eigenvalue weighted by Crippen LogP contribution is 2.29. The van der Waals surface area contributed by atoms with Crippen LogP contribution in [-0.4, -0.2) is 59.9 Å². The third-order valence-electron chi connectivity index (χ3n) is 6.72. The van der Waals surface area contributed by atoms with Crippen molar-refractivity contribution >= 4 is 45.1 Å². The molecule has 3 atom stereocenters. The zero-order chi connectivity index (χ0) is 27.7. The summed E-state index contributed by atoms with van der Waals surface area (Å²) >= 11 is 3.06. The highest BCUT2D eigenvalue weighted by Gasteiger charge is 2.39. The van der Waals surface area contributed by atoms with Crippen LogP contribution in [0.1, 0.15) is 62.7 Å². The predicted octanol–water partition coefficient (Wildman–Crippen LogP) is 3.59. The number of aliphatic imine (C=N–C) groups is 1. The Labute approximate surface area is 224 Å². The van der Waals surface area contributed by atoms with Crippen LogP contribution in [-0.2, 0) is 14.4 Å². The fourth-order valence-corrected chi connectivity index (χ4v) is 4.83. The number of nitrogens with zero attached hydrogens (tertiary/aromatic N) is 2. The Bertz CT molecular complexity index is 1030. The van der Waals surface area contributed by atoms with Gasteiger partial charge in [-0.25, -0.2) is 8.78 Å². The normalized spacial score (nSPS) is 16.9. The number of likely N-dealkylation sites (tertiary alicyclic amines) is 1. The van der Waals surface area contributed by atoms with E-state index >= 15 is 0 Å². The van der Waals surface area contributed by atoms with Crippen LogP contribution in [0.15, 0.2) is 27.7 Å². The predicted molar refractivity (Wildman–Crippen MR) is 140 cm³/mol. The molecule has 0 aliphatic carbocycles. The number of guanidine groups is 1. The molecule has 0 spiro atoms. The number of benzene rings is 1. The van der Waals surface area contributed by atoms with E-state index in [0.29, 0.717) is 25.8 Å². The number of hydrogen-bond donors (Lipinski definition) is 2. The van der Waals surface area contributed by atoms with Gasteiger partial charge in [0.1, 0.15) is 12.5 Å². The molecular weight excluding hydrogens is 550 g/mol. The topological polar surface area (TPSA) is 136 Å². The molecule has 0 aromatic heterocycles. The van der Waals surface area contributed by atoms with Gasteiger partial charge in [-0.15, -0.1) is 0 Å². The Hall–Kier alpha value is -2.69. The summed E-state index contributed by atoms with van der Waals surface area (Å²) < 4.78 is 27.3. The second-order valence-electron chi connectivity index (χ2n) is 9.71. The molecule has 1 aromatic carbocycles. The van der Waals surface area contributed by atoms with Crippen molar-refractivity contribution < 1.29 is 28.0 Å². The van der Waals surface area contributed by atoms with E-state index in [-0.39, 0.29) is 65.2 Å². The highest BCUT2D eigenvalue weighted by molar-refractivity contribution is 9.10. The van der Waals surface area contributed by atoms with Gasteiger partial charge in [-0.3, -0.25) is 24.2 Å². The molecule has 1 aromatic rings. The first-order valence-corrected chi connectivity index (χ1v) is 13.2. The van der Waals surface area contributed by atoms with Crippen LogP contribution in [0.25, 0.3) is 0 Å². The molecule has 1 amide bonds. The minimum atomic E-state index is -1.18. The van der Waals surface area contributed by atoms with E-state index in [1.807, 2.05) is 13.8 Å². The van der Waals surface area contributed by atoms with Crippen LogP contribution in [0.5, 0.6) is 0 Å². The number of halogens is 3. The molecule has 11 heteroatoms. The molecule has 0 radical (unpaired) electrons. The molecule has 1 aliphatic heterocycles. The van der Waals surface area contributed by atoms with Gasteiger partial charge in [0, 0.05) is 43.3 Å². The molecular formula is C26H35BrF2N4O4. The Kier molecular flexibility index (Phi) is 11.8. The Morgan fingerprint density at radius 2 is 1.89 bits per heavy atom. The summed E-state index contributed by atoms with van der Waals surface area (Å²) in [5.41, 5.74) is 10.8. The van der Waals surface area contributed by atoms with Gasteiger partial charge in [0.15, 0.2) is 23.3 Å². The fraction of sp³-hybridized carbons (Fsp3) is 0.577. The van der Waals surface area contributed by atoms with Crippen molar-refractivity contribution in [2.24, 2.45) is 34.2 Å². The second-order valence-corrected chi connectivity index (χ2v) is 10.6. The maximum Gasteiger partial charge on any atom is 0.227 e. The number of amides is 1. The summed E-state index contributed by atoms with van der Waals surface area (Å²) in [4.78, 5) is 57.0. The monoisotopic (exact) mass is 584 g/mol. The van der Waals surface area contributed by atoms with Gasteiger partial charge in [0.25, 0.3) is 0 Å². The van der Waals surface area contributed by atoms with Gasteiger partial charge in [-0.05, 0) is 59.7 Å². The van der Waals surface area contributed by atoms with E-state index in [0.717, 1.165) is 6.07 Å². The van der Waals surface area contributed by atoms with E-state index in [2.05, 4.69) is 20.9 Å². The third kappa shape index (κ3) is 8.69. The lowest BCUT2D eigenvalue weighted by Gasteiger charge is -2.30. The van der Waals surface area contributed by atoms with E-state index in [1.165, 1.54) is 17.0 Å². The van der Waals surface area contributed by atoms with Gasteiger partial charge in [-0.2, -0.15) is 0 Å². The minimum Gasteiger partial charge on any atom is -0.370 e. The number of ketones is 3. The quantitative estimate of drug-likeness (QED) is 0.148. The first-order chi connectivity index (χ1) is 17.5. The van der Waals surface area contributed by atoms with Crippen molar-refractivity contribution in [1.29, 1.82) is 0 Å². The number of hydrogen-bond acceptors (Lipinski definition) is 5. The lowest BCUT2D eigenvalue weighted by atomic mass is 9.86. The Balaban J connectivity index is 2.12. The molecule has 37 heavy (non-hydrogen) atoms. The molecule has 204 valence electrons. The summed E-state index contributed by atoms with van der Waals surface area (Å²) in [6, 6.07) is 3.33. The molecule has 0 bridgehead atoms. The van der Waals surface area contributed by atoms with Crippen LogP contribution in [0.3, 0.4) is 0 Å². The van der Waals surface area contributed by atoms with Crippen molar-refractivity contribution in [3.8, 4) is 0 Å². The number of carbonyl (C=O) groups is 4. The van der Waals surface area contributed by atoms with Crippen molar-refractivity contribution in [1.82, 2.24) is 4.90 Å². The summed E-state index contributed by atoms with van der Waals surface area (Å²) in [5, 5.41) is 0. The number of nitrogens with two attached hydrogens (primary N) is 2. The zero-order valence-electron chi connectivity index (χ0n) is 21.2. The smallest absolute Gasteiger partial charge is 0.227 e. The van der Waals surface area contributed by atoms with Gasteiger partial charge in [-0.1, -0.05) is 19.9 Å². The van der Waals surface area contributed by atoms with E-state index in [1.54, 1.807) is 0 Å². The standard InChI is InChI=1S/C26H35BrF2N4O4/c1-15(2)18(13-22(34)17-7-8-19(27)20(29)11-17)25(37)33-10-4-6-21(33)23(35)12-16(24(36)14-28)5-3-9-32-26(30)31/h7-8,11,15-16,18,21H,3-6,9-10,12-14H2,1-2H3,(H4,30,31,32)/t16-,18+,21+/m1/s1. The molecule has 8 nitrogen and oxygen atoms in total. The maximum atomic E-state index is 13.9. The van der Waals surface area contributed by atoms with Crippen LogP contribution >= 0.6 is 15.9 Å². The highest BCUT2D eigenvalue weighted by atomic mass is 79.9. The van der Waals surface area contributed by atoms with Crippen LogP contribution in [0.2, 0.25) is 0 Å². The van der Waals surface area contributed by atoms with E-state index in [9.17, 15) is 28.0 Å². The van der Waals surface area contributed by atoms with Crippen molar-refractivity contribution in [2.45, 2.75) is 58.4 Å². The van der Waals surface area contributed by atoms with Gasteiger partial charge >= 0.3 is 0 Å². The molecule has 0 saturated carbocycles. The van der Waals surface area contributed by atoms with Crippen LogP contribution < -0.4 is 11.5 Å². The summed E-state index contributed by atoms with van der Waals surface area (Å²) in [6.07, 6.45) is 1.39. The van der Waals surface area contributed by atoms with E-state index in [4.69, 9.17) is 11.5 Å². The van der Waals surface area contributed by atoms with Crippen LogP contribution in [0, 0.1) is 23.6 Å². The lowest BCUT2D eigenvalue weighted by molar-refractivity contribution is -0.142. The minimum absolute atomic E-state index is 0.0898. The third-order valence-corrected chi connectivity index (χ3v) is 7.36. The molecule has 1 saturated heterocycles. The Morgan fingerprint density at radius 1 is 1.19 bits per heavy atom. The molecule has 2 rings (SSSR count). The number of alkyl halides is 1. The average Bonchev–Trinajstić information content (AvgIpc) is 3.34. The van der Waals surface area contributed by atoms with Gasteiger partial charge < -0.3 is 16.4 Å². The van der Waals surface area contributed by atoms with E-state index < -0.39 is 36.2 Å². The first kappa shape index (κ1) is 30.5.